The molecule has 1 atom stereocenters. The fourth-order valence-corrected chi connectivity index (χ4v) is 1.91. The van der Waals surface area contributed by atoms with Gasteiger partial charge in [0, 0.05) is 19.2 Å². The maximum absolute atomic E-state index is 10.6. The molecular formula is C11H16N4O3. The van der Waals surface area contributed by atoms with E-state index >= 15 is 0 Å². The molecule has 0 spiro atoms. The summed E-state index contributed by atoms with van der Waals surface area (Å²) in [5, 5.41) is 13.7. The summed E-state index contributed by atoms with van der Waals surface area (Å²) in [5.74, 6) is 0.460. The van der Waals surface area contributed by atoms with Crippen LogP contribution in [0.2, 0.25) is 0 Å². The molecule has 2 heterocycles. The third-order valence-electron chi connectivity index (χ3n) is 2.88. The van der Waals surface area contributed by atoms with Crippen molar-refractivity contribution in [3.8, 4) is 0 Å². The summed E-state index contributed by atoms with van der Waals surface area (Å²) in [6, 6.07) is 2.91. The number of nitrogens with one attached hydrogen (secondary N) is 1. The standard InChI is InChI=1S/C11H16N4O3/c12-11-9(15(16)17)4-5-10(14-11)13-7-8-3-1-2-6-18-8/h4-5,8H,1-3,6-7H2,(H3,12,13,14). The van der Waals surface area contributed by atoms with Crippen LogP contribution in [-0.4, -0.2) is 29.2 Å². The average molecular weight is 252 g/mol. The van der Waals surface area contributed by atoms with Gasteiger partial charge in [-0.15, -0.1) is 0 Å². The van der Waals surface area contributed by atoms with Crippen LogP contribution in [0.3, 0.4) is 0 Å². The second-order valence-corrected chi connectivity index (χ2v) is 4.23. The fourth-order valence-electron chi connectivity index (χ4n) is 1.91. The molecular weight excluding hydrogens is 236 g/mol. The van der Waals surface area contributed by atoms with Crippen LogP contribution in [0.25, 0.3) is 0 Å². The number of nitro groups is 1. The van der Waals surface area contributed by atoms with Gasteiger partial charge in [0.1, 0.15) is 5.82 Å². The summed E-state index contributed by atoms with van der Waals surface area (Å²) in [7, 11) is 0. The molecule has 2 rings (SSSR count). The molecule has 0 bridgehead atoms. The van der Waals surface area contributed by atoms with E-state index in [-0.39, 0.29) is 17.6 Å². The molecule has 7 nitrogen and oxygen atoms in total. The average Bonchev–Trinajstić information content (AvgIpc) is 2.37. The highest BCUT2D eigenvalue weighted by molar-refractivity contribution is 5.57. The lowest BCUT2D eigenvalue weighted by Gasteiger charge is -2.22. The number of nitrogens with zero attached hydrogens (tertiary/aromatic N) is 2. The van der Waals surface area contributed by atoms with Crippen molar-refractivity contribution >= 4 is 17.3 Å². The molecule has 18 heavy (non-hydrogen) atoms. The molecule has 1 aliphatic rings. The van der Waals surface area contributed by atoms with Gasteiger partial charge in [0.2, 0.25) is 5.82 Å². The normalized spacial score (nSPS) is 19.4. The van der Waals surface area contributed by atoms with Gasteiger partial charge >= 0.3 is 5.69 Å². The highest BCUT2D eigenvalue weighted by Gasteiger charge is 2.15. The zero-order chi connectivity index (χ0) is 13.0. The van der Waals surface area contributed by atoms with Gasteiger partial charge < -0.3 is 15.8 Å². The summed E-state index contributed by atoms with van der Waals surface area (Å²) in [4.78, 5) is 14.0. The van der Waals surface area contributed by atoms with E-state index in [1.54, 1.807) is 6.07 Å². The van der Waals surface area contributed by atoms with Gasteiger partial charge in [-0.25, -0.2) is 4.98 Å². The van der Waals surface area contributed by atoms with Crippen LogP contribution in [0.15, 0.2) is 12.1 Å². The maximum atomic E-state index is 10.6. The molecule has 1 aromatic heterocycles. The predicted molar refractivity (Wildman–Crippen MR) is 67.4 cm³/mol. The lowest BCUT2D eigenvalue weighted by atomic mass is 10.1. The first-order valence-corrected chi connectivity index (χ1v) is 5.93. The van der Waals surface area contributed by atoms with E-state index in [1.807, 2.05) is 0 Å². The maximum Gasteiger partial charge on any atom is 0.311 e. The smallest absolute Gasteiger partial charge is 0.311 e. The second kappa shape index (κ2) is 5.63. The molecule has 0 aromatic carbocycles. The quantitative estimate of drug-likeness (QED) is 0.622. The molecule has 1 unspecified atom stereocenters. The molecule has 1 saturated heterocycles. The van der Waals surface area contributed by atoms with E-state index in [1.165, 1.54) is 12.5 Å². The molecule has 0 aliphatic carbocycles. The number of hydrogen-bond acceptors (Lipinski definition) is 6. The minimum absolute atomic E-state index is 0.0745. The van der Waals surface area contributed by atoms with Crippen LogP contribution in [0.5, 0.6) is 0 Å². The van der Waals surface area contributed by atoms with Gasteiger partial charge in [0.05, 0.1) is 11.0 Å². The molecule has 7 heteroatoms. The first-order valence-electron chi connectivity index (χ1n) is 5.93. The molecule has 0 radical (unpaired) electrons. The third kappa shape index (κ3) is 3.07. The van der Waals surface area contributed by atoms with Crippen molar-refractivity contribution in [2.75, 3.05) is 24.2 Å². The zero-order valence-corrected chi connectivity index (χ0v) is 9.96. The van der Waals surface area contributed by atoms with Crippen molar-refractivity contribution in [1.82, 2.24) is 4.98 Å². The highest BCUT2D eigenvalue weighted by atomic mass is 16.6. The molecule has 1 fully saturated rings. The van der Waals surface area contributed by atoms with E-state index in [9.17, 15) is 10.1 Å². The van der Waals surface area contributed by atoms with Crippen LogP contribution in [0, 0.1) is 10.1 Å². The molecule has 0 amide bonds. The number of ether oxygens (including phenoxy) is 1. The van der Waals surface area contributed by atoms with Crippen molar-refractivity contribution in [2.45, 2.75) is 25.4 Å². The Labute approximate surface area is 104 Å². The first-order chi connectivity index (χ1) is 8.66. The highest BCUT2D eigenvalue weighted by Crippen LogP contribution is 2.21. The van der Waals surface area contributed by atoms with Crippen LogP contribution in [0.4, 0.5) is 17.3 Å². The molecule has 1 aliphatic heterocycles. The molecule has 3 N–H and O–H groups in total. The number of pyridine rings is 1. The number of anilines is 2. The monoisotopic (exact) mass is 252 g/mol. The fraction of sp³-hybridized carbons (Fsp3) is 0.545. The van der Waals surface area contributed by atoms with Crippen molar-refractivity contribution < 1.29 is 9.66 Å². The van der Waals surface area contributed by atoms with Crippen LogP contribution >= 0.6 is 0 Å². The minimum atomic E-state index is -0.545. The van der Waals surface area contributed by atoms with E-state index in [0.29, 0.717) is 12.4 Å². The molecule has 98 valence electrons. The third-order valence-corrected chi connectivity index (χ3v) is 2.88. The van der Waals surface area contributed by atoms with E-state index < -0.39 is 4.92 Å². The summed E-state index contributed by atoms with van der Waals surface area (Å²) in [6.45, 7) is 1.44. The predicted octanol–water partition coefficient (Wildman–Crippen LogP) is 1.55. The van der Waals surface area contributed by atoms with Gasteiger partial charge in [-0.2, -0.15) is 0 Å². The van der Waals surface area contributed by atoms with Gasteiger partial charge in [0.25, 0.3) is 0 Å². The summed E-state index contributed by atoms with van der Waals surface area (Å²) in [5.41, 5.74) is 5.34. The molecule has 0 saturated carbocycles. The number of nitrogen functional groups attached to an aromatic ring is 1. The van der Waals surface area contributed by atoms with Crippen LogP contribution < -0.4 is 11.1 Å². The van der Waals surface area contributed by atoms with Crippen molar-refractivity contribution in [3.05, 3.63) is 22.2 Å². The second-order valence-electron chi connectivity index (χ2n) is 4.23. The molecule has 1 aromatic rings. The Morgan fingerprint density at radius 1 is 1.56 bits per heavy atom. The van der Waals surface area contributed by atoms with Gasteiger partial charge in [-0.05, 0) is 25.3 Å². The Hall–Kier alpha value is -1.89. The minimum Gasteiger partial charge on any atom is -0.378 e. The first kappa shape index (κ1) is 12.6. The number of aromatic nitrogens is 1. The van der Waals surface area contributed by atoms with E-state index in [4.69, 9.17) is 10.5 Å². The van der Waals surface area contributed by atoms with Crippen molar-refractivity contribution in [2.24, 2.45) is 0 Å². The summed E-state index contributed by atoms with van der Waals surface area (Å²) >= 11 is 0. The number of rotatable bonds is 4. The van der Waals surface area contributed by atoms with Crippen molar-refractivity contribution in [3.63, 3.8) is 0 Å². The number of nitrogens with two attached hydrogens (primary N) is 1. The Kier molecular flexibility index (Phi) is 3.93. The largest absolute Gasteiger partial charge is 0.378 e. The zero-order valence-electron chi connectivity index (χ0n) is 9.96. The van der Waals surface area contributed by atoms with E-state index in [2.05, 4.69) is 10.3 Å². The van der Waals surface area contributed by atoms with Crippen molar-refractivity contribution in [1.29, 1.82) is 0 Å². The lowest BCUT2D eigenvalue weighted by Crippen LogP contribution is -2.27. The number of hydrogen-bond donors (Lipinski definition) is 2. The van der Waals surface area contributed by atoms with Crippen LogP contribution in [0.1, 0.15) is 19.3 Å². The van der Waals surface area contributed by atoms with Gasteiger partial charge in [-0.1, -0.05) is 0 Å². The summed E-state index contributed by atoms with van der Waals surface area (Å²) in [6.07, 6.45) is 3.48. The van der Waals surface area contributed by atoms with Gasteiger partial charge in [0.15, 0.2) is 0 Å². The lowest BCUT2D eigenvalue weighted by molar-refractivity contribution is -0.384. The summed E-state index contributed by atoms with van der Waals surface area (Å²) < 4.78 is 5.56. The topological polar surface area (TPSA) is 103 Å². The Bertz CT molecular complexity index is 432. The van der Waals surface area contributed by atoms with E-state index in [0.717, 1.165) is 19.4 Å². The Morgan fingerprint density at radius 2 is 2.39 bits per heavy atom. The Balaban J connectivity index is 1.93. The van der Waals surface area contributed by atoms with Gasteiger partial charge in [-0.3, -0.25) is 10.1 Å². The SMILES string of the molecule is Nc1nc(NCC2CCCCO2)ccc1[N+](=O)[O-]. The van der Waals surface area contributed by atoms with Crippen LogP contribution in [-0.2, 0) is 4.74 Å². The Morgan fingerprint density at radius 3 is 3.00 bits per heavy atom.